The Morgan fingerprint density at radius 3 is 2.75 bits per heavy atom. The molecule has 2 aliphatic rings. The Labute approximate surface area is 137 Å². The van der Waals surface area contributed by atoms with Gasteiger partial charge in [-0.15, -0.1) is 0 Å². The highest BCUT2D eigenvalue weighted by molar-refractivity contribution is 5.86. The number of carbonyl (C=O) groups excluding carboxylic acids is 1. The van der Waals surface area contributed by atoms with Crippen molar-refractivity contribution in [2.45, 2.75) is 25.0 Å². The predicted octanol–water partition coefficient (Wildman–Crippen LogP) is 1.43. The van der Waals surface area contributed by atoms with Gasteiger partial charge in [0.25, 0.3) is 0 Å². The molecule has 1 aromatic heterocycles. The van der Waals surface area contributed by atoms with Crippen LogP contribution in [0.3, 0.4) is 0 Å². The summed E-state index contributed by atoms with van der Waals surface area (Å²) in [6.07, 6.45) is 2.49. The molecule has 2 amide bonds. The number of rotatable bonds is 4. The summed E-state index contributed by atoms with van der Waals surface area (Å²) >= 11 is 0. The molecule has 1 fully saturated rings. The first-order valence-corrected chi connectivity index (χ1v) is 7.69. The van der Waals surface area contributed by atoms with Gasteiger partial charge in [0.15, 0.2) is 6.04 Å². The number of aryl methyl sites for hydroxylation is 2. The van der Waals surface area contributed by atoms with Crippen LogP contribution >= 0.6 is 0 Å². The summed E-state index contributed by atoms with van der Waals surface area (Å²) in [4.78, 5) is 24.7. The standard InChI is InChI=1S/C16H16N4O4/c21-15(22)14-13-11(12-9-19(14)16(23)20(12)24)8-18(17-13)7-6-10-4-2-1-3-5-10/h1-5,8,12,14,24H,6-7,9H2,(H,21,22). The summed E-state index contributed by atoms with van der Waals surface area (Å²) in [5.41, 5.74) is 2.08. The Morgan fingerprint density at radius 2 is 2.04 bits per heavy atom. The lowest BCUT2D eigenvalue weighted by molar-refractivity contribution is -0.142. The van der Waals surface area contributed by atoms with E-state index in [9.17, 15) is 19.9 Å². The molecule has 0 spiro atoms. The summed E-state index contributed by atoms with van der Waals surface area (Å²) in [6.45, 7) is 0.749. The number of carboxylic acid groups (broad SMARTS) is 1. The fraction of sp³-hybridized carbons (Fsp3) is 0.312. The summed E-state index contributed by atoms with van der Waals surface area (Å²) < 4.78 is 1.69. The summed E-state index contributed by atoms with van der Waals surface area (Å²) in [5.74, 6) is -1.15. The molecule has 8 heteroatoms. The number of amides is 2. The third-order valence-corrected chi connectivity index (χ3v) is 4.56. The smallest absolute Gasteiger partial charge is 0.345 e. The number of hydrogen-bond acceptors (Lipinski definition) is 4. The quantitative estimate of drug-likeness (QED) is 0.827. The van der Waals surface area contributed by atoms with Crippen molar-refractivity contribution in [3.8, 4) is 0 Å². The summed E-state index contributed by atoms with van der Waals surface area (Å²) in [7, 11) is 0. The van der Waals surface area contributed by atoms with E-state index >= 15 is 0 Å². The molecule has 2 bridgehead atoms. The van der Waals surface area contributed by atoms with E-state index in [2.05, 4.69) is 5.10 Å². The summed E-state index contributed by atoms with van der Waals surface area (Å²) in [6, 6.07) is 7.51. The number of aliphatic carboxylic acids is 1. The average molecular weight is 328 g/mol. The highest BCUT2D eigenvalue weighted by Crippen LogP contribution is 2.42. The largest absolute Gasteiger partial charge is 0.479 e. The van der Waals surface area contributed by atoms with Crippen LogP contribution in [0.1, 0.15) is 28.9 Å². The maximum atomic E-state index is 12.0. The van der Waals surface area contributed by atoms with E-state index in [4.69, 9.17) is 0 Å². The minimum Gasteiger partial charge on any atom is -0.479 e. The van der Waals surface area contributed by atoms with Gasteiger partial charge in [0.05, 0.1) is 6.54 Å². The van der Waals surface area contributed by atoms with Crippen LogP contribution in [0.2, 0.25) is 0 Å². The zero-order valence-corrected chi connectivity index (χ0v) is 12.7. The Bertz CT molecular complexity index is 804. The van der Waals surface area contributed by atoms with E-state index in [1.165, 1.54) is 0 Å². The zero-order valence-electron chi connectivity index (χ0n) is 12.7. The lowest BCUT2D eigenvalue weighted by Crippen LogP contribution is -2.38. The molecule has 2 aliphatic heterocycles. The van der Waals surface area contributed by atoms with Crippen molar-refractivity contribution in [1.29, 1.82) is 0 Å². The molecule has 0 aliphatic carbocycles. The molecule has 124 valence electrons. The SMILES string of the molecule is O=C(O)C1c2nn(CCc3ccccc3)cc2C2CN1C(=O)N2O. The highest BCUT2D eigenvalue weighted by Gasteiger charge is 2.51. The van der Waals surface area contributed by atoms with Crippen LogP contribution in [0.4, 0.5) is 4.79 Å². The maximum Gasteiger partial charge on any atom is 0.345 e. The van der Waals surface area contributed by atoms with Crippen molar-refractivity contribution >= 4 is 12.0 Å². The Kier molecular flexibility index (Phi) is 3.27. The Morgan fingerprint density at radius 1 is 1.29 bits per heavy atom. The zero-order chi connectivity index (χ0) is 16.8. The molecule has 8 nitrogen and oxygen atoms in total. The molecular weight excluding hydrogens is 312 g/mol. The van der Waals surface area contributed by atoms with Gasteiger partial charge in [-0.2, -0.15) is 10.2 Å². The molecule has 2 atom stereocenters. The van der Waals surface area contributed by atoms with E-state index < -0.39 is 24.1 Å². The third-order valence-electron chi connectivity index (χ3n) is 4.56. The van der Waals surface area contributed by atoms with Gasteiger partial charge in [0.2, 0.25) is 0 Å². The van der Waals surface area contributed by atoms with E-state index in [0.717, 1.165) is 16.9 Å². The van der Waals surface area contributed by atoms with E-state index in [1.54, 1.807) is 10.9 Å². The van der Waals surface area contributed by atoms with Crippen molar-refractivity contribution in [2.24, 2.45) is 0 Å². The number of benzene rings is 1. The normalized spacial score (nSPS) is 22.0. The maximum absolute atomic E-state index is 12.0. The molecule has 0 radical (unpaired) electrons. The molecule has 0 saturated carbocycles. The lowest BCUT2D eigenvalue weighted by atomic mass is 9.98. The fourth-order valence-corrected chi connectivity index (χ4v) is 3.37. The number of nitrogens with zero attached hydrogens (tertiary/aromatic N) is 4. The number of carbonyl (C=O) groups is 2. The van der Waals surface area contributed by atoms with Gasteiger partial charge < -0.3 is 10.0 Å². The number of fused-ring (bicyclic) bond motifs is 4. The van der Waals surface area contributed by atoms with Crippen molar-refractivity contribution in [3.05, 3.63) is 53.3 Å². The van der Waals surface area contributed by atoms with Crippen LogP contribution in [0.25, 0.3) is 0 Å². The molecule has 4 rings (SSSR count). The lowest BCUT2D eigenvalue weighted by Gasteiger charge is -2.25. The van der Waals surface area contributed by atoms with Crippen molar-refractivity contribution in [2.75, 3.05) is 6.54 Å². The van der Waals surface area contributed by atoms with Gasteiger partial charge in [-0.05, 0) is 12.0 Å². The first-order valence-electron chi connectivity index (χ1n) is 7.69. The van der Waals surface area contributed by atoms with Crippen molar-refractivity contribution in [3.63, 3.8) is 0 Å². The van der Waals surface area contributed by atoms with Crippen LogP contribution in [0, 0.1) is 0 Å². The average Bonchev–Trinajstić information content (AvgIpc) is 3.10. The molecule has 2 aromatic rings. The first-order chi connectivity index (χ1) is 11.6. The molecule has 2 N–H and O–H groups in total. The van der Waals surface area contributed by atoms with Crippen molar-refractivity contribution in [1.82, 2.24) is 19.7 Å². The molecule has 2 unspecified atom stereocenters. The van der Waals surface area contributed by atoms with Crippen LogP contribution in [0.15, 0.2) is 36.5 Å². The Hall–Kier alpha value is -2.87. The molecule has 1 saturated heterocycles. The minimum absolute atomic E-state index is 0.156. The number of carboxylic acids is 1. The molecule has 1 aromatic carbocycles. The topological polar surface area (TPSA) is 98.9 Å². The second kappa shape index (κ2) is 5.34. The van der Waals surface area contributed by atoms with Gasteiger partial charge in [-0.1, -0.05) is 30.3 Å². The van der Waals surface area contributed by atoms with Gasteiger partial charge >= 0.3 is 12.0 Å². The van der Waals surface area contributed by atoms with Crippen LogP contribution in [-0.4, -0.2) is 48.6 Å². The first kappa shape index (κ1) is 14.7. The van der Waals surface area contributed by atoms with E-state index in [0.29, 0.717) is 22.9 Å². The number of hydroxylamine groups is 2. The predicted molar refractivity (Wildman–Crippen MR) is 81.2 cm³/mol. The monoisotopic (exact) mass is 328 g/mol. The molecule has 24 heavy (non-hydrogen) atoms. The van der Waals surface area contributed by atoms with Gasteiger partial charge in [-0.25, -0.2) is 9.59 Å². The van der Waals surface area contributed by atoms with Crippen LogP contribution in [0.5, 0.6) is 0 Å². The number of urea groups is 1. The second-order valence-electron chi connectivity index (χ2n) is 6.00. The van der Waals surface area contributed by atoms with E-state index in [-0.39, 0.29) is 6.54 Å². The summed E-state index contributed by atoms with van der Waals surface area (Å²) in [5, 5.41) is 24.4. The number of hydrogen-bond donors (Lipinski definition) is 2. The molecular formula is C16H16N4O4. The third kappa shape index (κ3) is 2.15. The highest BCUT2D eigenvalue weighted by atomic mass is 16.5. The van der Waals surface area contributed by atoms with Gasteiger partial charge in [0.1, 0.15) is 11.7 Å². The van der Waals surface area contributed by atoms with Crippen LogP contribution in [-0.2, 0) is 17.8 Å². The van der Waals surface area contributed by atoms with Gasteiger partial charge in [-0.3, -0.25) is 9.89 Å². The Balaban J connectivity index is 1.64. The number of aromatic nitrogens is 2. The fourth-order valence-electron chi connectivity index (χ4n) is 3.37. The van der Waals surface area contributed by atoms with Gasteiger partial charge in [0, 0.05) is 18.3 Å². The van der Waals surface area contributed by atoms with E-state index in [1.807, 2.05) is 30.3 Å². The second-order valence-corrected chi connectivity index (χ2v) is 6.00. The minimum atomic E-state index is -1.15. The van der Waals surface area contributed by atoms with Crippen LogP contribution < -0.4 is 0 Å². The molecule has 3 heterocycles. The van der Waals surface area contributed by atoms with Crippen molar-refractivity contribution < 1.29 is 19.9 Å².